The predicted octanol–water partition coefficient (Wildman–Crippen LogP) is 1.93. The lowest BCUT2D eigenvalue weighted by molar-refractivity contribution is -0.124. The van der Waals surface area contributed by atoms with Gasteiger partial charge in [-0.05, 0) is 32.3 Å². The lowest BCUT2D eigenvalue weighted by Gasteiger charge is -2.32. The molecule has 116 valence electrons. The summed E-state index contributed by atoms with van der Waals surface area (Å²) in [5.41, 5.74) is 0.362. The Kier molecular flexibility index (Phi) is 5.37. The summed E-state index contributed by atoms with van der Waals surface area (Å²) in [7, 11) is 0. The Balaban J connectivity index is 1.98. The molecule has 1 aliphatic rings. The van der Waals surface area contributed by atoms with Crippen LogP contribution >= 0.6 is 0 Å². The quantitative estimate of drug-likeness (QED) is 0.750. The number of amides is 1. The smallest absolute Gasteiger partial charge is 0.237 e. The molecular weight excluding hydrogens is 264 g/mol. The number of aliphatic hydroxyl groups excluding tert-OH is 1. The maximum absolute atomic E-state index is 12.3. The van der Waals surface area contributed by atoms with Gasteiger partial charge in [-0.3, -0.25) is 10.1 Å². The first-order valence-electron chi connectivity index (χ1n) is 7.79. The fourth-order valence-electron chi connectivity index (χ4n) is 2.97. The van der Waals surface area contributed by atoms with Gasteiger partial charge in [0.05, 0.1) is 18.2 Å². The maximum atomic E-state index is 12.3. The summed E-state index contributed by atoms with van der Waals surface area (Å²) >= 11 is 0. The number of aliphatic hydroxyl groups is 1. The fourth-order valence-corrected chi connectivity index (χ4v) is 2.97. The first-order valence-corrected chi connectivity index (χ1v) is 7.79. The van der Waals surface area contributed by atoms with Crippen LogP contribution in [0, 0.1) is 0 Å². The molecule has 0 aromatic heterocycles. The van der Waals surface area contributed by atoms with Crippen molar-refractivity contribution in [1.29, 1.82) is 0 Å². The highest BCUT2D eigenvalue weighted by Gasteiger charge is 2.30. The summed E-state index contributed by atoms with van der Waals surface area (Å²) in [6, 6.07) is 9.72. The van der Waals surface area contributed by atoms with E-state index in [0.717, 1.165) is 18.4 Å². The first-order chi connectivity index (χ1) is 10.0. The van der Waals surface area contributed by atoms with E-state index in [0.29, 0.717) is 6.04 Å². The predicted molar refractivity (Wildman–Crippen MR) is 83.9 cm³/mol. The van der Waals surface area contributed by atoms with E-state index in [1.54, 1.807) is 0 Å². The van der Waals surface area contributed by atoms with Crippen LogP contribution in [0.4, 0.5) is 0 Å². The molecule has 4 heteroatoms. The van der Waals surface area contributed by atoms with Gasteiger partial charge in [-0.1, -0.05) is 43.2 Å². The van der Waals surface area contributed by atoms with Crippen molar-refractivity contribution < 1.29 is 9.90 Å². The second kappa shape index (κ2) is 7.05. The molecule has 1 aromatic rings. The van der Waals surface area contributed by atoms with Gasteiger partial charge >= 0.3 is 0 Å². The van der Waals surface area contributed by atoms with E-state index < -0.39 is 5.54 Å². The van der Waals surface area contributed by atoms with E-state index in [-0.39, 0.29) is 18.6 Å². The number of hydrogen-bond donors (Lipinski definition) is 3. The van der Waals surface area contributed by atoms with Crippen molar-refractivity contribution in [2.45, 2.75) is 57.2 Å². The van der Waals surface area contributed by atoms with E-state index in [1.807, 2.05) is 44.2 Å². The van der Waals surface area contributed by atoms with Crippen molar-refractivity contribution in [3.8, 4) is 0 Å². The van der Waals surface area contributed by atoms with Gasteiger partial charge in [0.1, 0.15) is 0 Å². The number of carbonyl (C=O) groups is 1. The molecule has 1 amide bonds. The molecule has 0 aliphatic heterocycles. The Morgan fingerprint density at radius 1 is 1.33 bits per heavy atom. The third kappa shape index (κ3) is 4.05. The minimum atomic E-state index is -0.617. The number of benzene rings is 1. The summed E-state index contributed by atoms with van der Waals surface area (Å²) in [5, 5.41) is 16.1. The van der Waals surface area contributed by atoms with Gasteiger partial charge < -0.3 is 10.4 Å². The summed E-state index contributed by atoms with van der Waals surface area (Å²) in [6.07, 6.45) is 4.55. The average Bonchev–Trinajstić information content (AvgIpc) is 3.00. The normalized spacial score (nSPS) is 20.0. The van der Waals surface area contributed by atoms with Gasteiger partial charge in [0.15, 0.2) is 0 Å². The summed E-state index contributed by atoms with van der Waals surface area (Å²) in [6.45, 7) is 3.71. The zero-order chi connectivity index (χ0) is 15.3. The number of hydrogen-bond acceptors (Lipinski definition) is 3. The van der Waals surface area contributed by atoms with Gasteiger partial charge in [-0.15, -0.1) is 0 Å². The zero-order valence-corrected chi connectivity index (χ0v) is 12.9. The standard InChI is InChI=1S/C17H26N2O2/c1-13(16(21)18-15-10-6-7-11-15)19-17(2,12-20)14-8-4-3-5-9-14/h3-5,8-9,13,15,19-20H,6-7,10-12H2,1-2H3,(H,18,21). The number of nitrogens with one attached hydrogen (secondary N) is 2. The van der Waals surface area contributed by atoms with Gasteiger partial charge in [0, 0.05) is 6.04 Å². The van der Waals surface area contributed by atoms with Crippen LogP contribution in [-0.4, -0.2) is 29.7 Å². The molecule has 4 nitrogen and oxygen atoms in total. The molecule has 0 spiro atoms. The van der Waals surface area contributed by atoms with E-state index in [1.165, 1.54) is 12.8 Å². The van der Waals surface area contributed by atoms with Gasteiger partial charge in [0.2, 0.25) is 5.91 Å². The molecule has 0 bridgehead atoms. The second-order valence-corrected chi connectivity index (χ2v) is 6.21. The van der Waals surface area contributed by atoms with Crippen molar-refractivity contribution in [1.82, 2.24) is 10.6 Å². The molecule has 2 rings (SSSR count). The molecule has 1 aliphatic carbocycles. The molecular formula is C17H26N2O2. The molecule has 2 unspecified atom stereocenters. The molecule has 3 N–H and O–H groups in total. The lowest BCUT2D eigenvalue weighted by atomic mass is 9.92. The summed E-state index contributed by atoms with van der Waals surface area (Å²) < 4.78 is 0. The topological polar surface area (TPSA) is 61.4 Å². The highest BCUT2D eigenvalue weighted by Crippen LogP contribution is 2.21. The van der Waals surface area contributed by atoms with E-state index in [2.05, 4.69) is 10.6 Å². The van der Waals surface area contributed by atoms with Crippen molar-refractivity contribution in [3.05, 3.63) is 35.9 Å². The van der Waals surface area contributed by atoms with Gasteiger partial charge in [0.25, 0.3) is 0 Å². The second-order valence-electron chi connectivity index (χ2n) is 6.21. The van der Waals surface area contributed by atoms with Gasteiger partial charge in [-0.25, -0.2) is 0 Å². The third-order valence-electron chi connectivity index (χ3n) is 4.36. The Morgan fingerprint density at radius 3 is 2.52 bits per heavy atom. The molecule has 0 saturated heterocycles. The first kappa shape index (κ1) is 16.0. The SMILES string of the molecule is CC(NC(C)(CO)c1ccccc1)C(=O)NC1CCCC1. The lowest BCUT2D eigenvalue weighted by Crippen LogP contribution is -2.54. The highest BCUT2D eigenvalue weighted by molar-refractivity contribution is 5.81. The van der Waals surface area contributed by atoms with Crippen LogP contribution in [0.5, 0.6) is 0 Å². The molecule has 0 radical (unpaired) electrons. The fraction of sp³-hybridized carbons (Fsp3) is 0.588. The molecule has 0 heterocycles. The molecule has 1 fully saturated rings. The largest absolute Gasteiger partial charge is 0.394 e. The average molecular weight is 290 g/mol. The van der Waals surface area contributed by atoms with E-state index in [4.69, 9.17) is 0 Å². The van der Waals surface area contributed by atoms with Crippen LogP contribution in [-0.2, 0) is 10.3 Å². The van der Waals surface area contributed by atoms with Crippen molar-refractivity contribution in [3.63, 3.8) is 0 Å². The van der Waals surface area contributed by atoms with Crippen molar-refractivity contribution >= 4 is 5.91 Å². The molecule has 21 heavy (non-hydrogen) atoms. The van der Waals surface area contributed by atoms with Crippen molar-refractivity contribution in [2.75, 3.05) is 6.61 Å². The molecule has 1 aromatic carbocycles. The number of carbonyl (C=O) groups excluding carboxylic acids is 1. The Hall–Kier alpha value is -1.39. The Bertz CT molecular complexity index is 457. The van der Waals surface area contributed by atoms with Crippen LogP contribution in [0.3, 0.4) is 0 Å². The monoisotopic (exact) mass is 290 g/mol. The van der Waals surface area contributed by atoms with E-state index >= 15 is 0 Å². The summed E-state index contributed by atoms with van der Waals surface area (Å²) in [5.74, 6) is 0.0116. The Morgan fingerprint density at radius 2 is 1.95 bits per heavy atom. The molecule has 1 saturated carbocycles. The summed E-state index contributed by atoms with van der Waals surface area (Å²) in [4.78, 5) is 12.3. The van der Waals surface area contributed by atoms with Crippen LogP contribution < -0.4 is 10.6 Å². The van der Waals surface area contributed by atoms with Crippen LogP contribution in [0.15, 0.2) is 30.3 Å². The maximum Gasteiger partial charge on any atom is 0.237 e. The zero-order valence-electron chi connectivity index (χ0n) is 12.9. The Labute approximate surface area is 126 Å². The minimum Gasteiger partial charge on any atom is -0.394 e. The van der Waals surface area contributed by atoms with Crippen LogP contribution in [0.25, 0.3) is 0 Å². The minimum absolute atomic E-state index is 0.0116. The highest BCUT2D eigenvalue weighted by atomic mass is 16.3. The van der Waals surface area contributed by atoms with Crippen LogP contribution in [0.2, 0.25) is 0 Å². The van der Waals surface area contributed by atoms with Gasteiger partial charge in [-0.2, -0.15) is 0 Å². The molecule has 2 atom stereocenters. The third-order valence-corrected chi connectivity index (χ3v) is 4.36. The van der Waals surface area contributed by atoms with E-state index in [9.17, 15) is 9.90 Å². The number of rotatable bonds is 6. The van der Waals surface area contributed by atoms with Crippen LogP contribution in [0.1, 0.15) is 45.1 Å². The van der Waals surface area contributed by atoms with Crippen molar-refractivity contribution in [2.24, 2.45) is 0 Å².